The van der Waals surface area contributed by atoms with Crippen molar-refractivity contribution in [3.05, 3.63) is 68.8 Å². The normalized spacial score (nSPS) is 18.0. The lowest BCUT2D eigenvalue weighted by Gasteiger charge is -2.35. The zero-order chi connectivity index (χ0) is 60.3. The highest BCUT2D eigenvalue weighted by Gasteiger charge is 2.47. The van der Waals surface area contributed by atoms with Crippen LogP contribution in [0, 0.1) is 11.8 Å². The highest BCUT2D eigenvalue weighted by molar-refractivity contribution is 6.36. The number of unbranched alkanes of at least 4 members (excludes halogenated alkanes) is 2. The maximum Gasteiger partial charge on any atom is 0.265 e. The van der Waals surface area contributed by atoms with Gasteiger partial charge in [-0.1, -0.05) is 79.1 Å². The fourth-order valence-electron chi connectivity index (χ4n) is 12.8. The first kappa shape index (κ1) is 60.7. The molecule has 4 atom stereocenters. The summed E-state index contributed by atoms with van der Waals surface area (Å²) < 4.78 is 24.1. The van der Waals surface area contributed by atoms with E-state index in [2.05, 4.69) is 24.5 Å². The van der Waals surface area contributed by atoms with E-state index in [1.165, 1.54) is 34.1 Å². The molecule has 1 fully saturated rings. The van der Waals surface area contributed by atoms with Crippen molar-refractivity contribution in [1.82, 2.24) is 30.2 Å². The molecule has 4 aliphatic heterocycles. The van der Waals surface area contributed by atoms with Crippen molar-refractivity contribution >= 4 is 80.6 Å². The zero-order valence-electron chi connectivity index (χ0n) is 49.7. The standard InChI is InChI=1S/C64H78N6O14/c1-9-17-21-35(11-3)33-69-59(75)39-31-43(81-13-5)53-49-37(29-45(83-15-7)55(51(39)49)63(69)79)57(73)67(61(53)77)27-25-47(71)65-41-23-19-20-24-42(41)66-48(72)26-28-68-58(74)38-30-46(84-16-8)56-52-40(32-44(82-14-6)54(50(38)52)62(68)78)60(76)70(64(56)80)34-36(12-4)22-18-10-2/h29-32,35-36,41-42H,9-28,33-34H2,1-8H3,(H,65,71)(H,66,72)/t35?,36?,41-,42-/m0/s1. The molecule has 20 heteroatoms. The quantitative estimate of drug-likeness (QED) is 0.0503. The van der Waals surface area contributed by atoms with Crippen LogP contribution in [0.1, 0.15) is 228 Å². The third kappa shape index (κ3) is 11.1. The van der Waals surface area contributed by atoms with Gasteiger partial charge in [0.15, 0.2) is 0 Å². The molecule has 4 aromatic rings. The average molecular weight is 1160 g/mol. The summed E-state index contributed by atoms with van der Waals surface area (Å²) in [5.74, 6) is -5.77. The number of amides is 10. The van der Waals surface area contributed by atoms with Gasteiger partial charge in [0.1, 0.15) is 23.0 Å². The van der Waals surface area contributed by atoms with Crippen molar-refractivity contribution in [3.8, 4) is 23.0 Å². The lowest BCUT2D eigenvalue weighted by Crippen LogP contribution is -2.54. The van der Waals surface area contributed by atoms with Crippen LogP contribution in [0.3, 0.4) is 0 Å². The zero-order valence-corrected chi connectivity index (χ0v) is 49.7. The molecule has 0 aromatic heterocycles. The molecular weight excluding hydrogens is 1080 g/mol. The van der Waals surface area contributed by atoms with Gasteiger partial charge in [-0.05, 0) is 89.5 Å². The molecule has 84 heavy (non-hydrogen) atoms. The van der Waals surface area contributed by atoms with E-state index < -0.39 is 71.2 Å². The number of hydrogen-bond acceptors (Lipinski definition) is 14. The smallest absolute Gasteiger partial charge is 0.265 e. The summed E-state index contributed by atoms with van der Waals surface area (Å²) in [5.41, 5.74) is 0.473. The lowest BCUT2D eigenvalue weighted by atomic mass is 9.84. The molecule has 5 aliphatic rings. The second-order valence-corrected chi connectivity index (χ2v) is 22.4. The van der Waals surface area contributed by atoms with Crippen molar-refractivity contribution in [2.75, 3.05) is 52.6 Å². The van der Waals surface area contributed by atoms with E-state index in [1.807, 2.05) is 13.8 Å². The largest absolute Gasteiger partial charge is 0.493 e. The van der Waals surface area contributed by atoms with Gasteiger partial charge in [-0.15, -0.1) is 0 Å². The second-order valence-electron chi connectivity index (χ2n) is 22.4. The number of hydrogen-bond donors (Lipinski definition) is 2. The summed E-state index contributed by atoms with van der Waals surface area (Å²) in [7, 11) is 0. The topological polar surface area (TPSA) is 245 Å². The Labute approximate surface area is 489 Å². The number of nitrogens with zero attached hydrogens (tertiary/aromatic N) is 4. The maximum absolute atomic E-state index is 14.6. The first-order chi connectivity index (χ1) is 40.5. The SMILES string of the molecule is CCCCC(CC)CN1C(=O)c2cc(OCC)c3c4c(cc(OCC)c(c24)C1=O)C(=O)N(CCC(=O)N[C@H]1CCCC[C@@H]1NC(=O)CCN1C(=O)c2cc(OCC)c4c5c(cc(OCC)c(c25)C1=O)C(=O)N(CC(CC)CCCC)C4=O)C3=O. The Balaban J connectivity index is 0.900. The van der Waals surface area contributed by atoms with E-state index in [0.717, 1.165) is 74.0 Å². The van der Waals surface area contributed by atoms with E-state index in [-0.39, 0.29) is 166 Å². The van der Waals surface area contributed by atoms with Gasteiger partial charge in [0.05, 0.1) is 70.9 Å². The minimum Gasteiger partial charge on any atom is -0.493 e. The molecule has 448 valence electrons. The minimum atomic E-state index is -0.755. The van der Waals surface area contributed by atoms with Gasteiger partial charge >= 0.3 is 0 Å². The van der Waals surface area contributed by atoms with Gasteiger partial charge in [0.2, 0.25) is 11.8 Å². The predicted molar refractivity (Wildman–Crippen MR) is 312 cm³/mol. The average Bonchev–Trinajstić information content (AvgIpc) is 1.65. The van der Waals surface area contributed by atoms with Crippen LogP contribution in [-0.2, 0) is 9.59 Å². The number of imide groups is 4. The lowest BCUT2D eigenvalue weighted by molar-refractivity contribution is -0.125. The van der Waals surface area contributed by atoms with E-state index in [0.29, 0.717) is 12.8 Å². The summed E-state index contributed by atoms with van der Waals surface area (Å²) >= 11 is 0. The van der Waals surface area contributed by atoms with Gasteiger partial charge in [0.25, 0.3) is 47.3 Å². The summed E-state index contributed by atoms with van der Waals surface area (Å²) in [4.78, 5) is 148. The molecule has 4 aromatic carbocycles. The molecule has 20 nitrogen and oxygen atoms in total. The van der Waals surface area contributed by atoms with E-state index in [1.54, 1.807) is 27.7 Å². The van der Waals surface area contributed by atoms with Crippen molar-refractivity contribution in [1.29, 1.82) is 0 Å². The molecule has 0 spiro atoms. The Morgan fingerprint density at radius 2 is 0.726 bits per heavy atom. The molecule has 9 rings (SSSR count). The van der Waals surface area contributed by atoms with Crippen molar-refractivity contribution in [2.45, 2.75) is 157 Å². The Bertz CT molecular complexity index is 3150. The Hall–Kier alpha value is -7.90. The number of nitrogens with one attached hydrogen (secondary N) is 2. The van der Waals surface area contributed by atoms with Gasteiger partial charge in [-0.3, -0.25) is 67.5 Å². The molecule has 0 radical (unpaired) electrons. The molecule has 2 N–H and O–H groups in total. The van der Waals surface area contributed by atoms with Crippen LogP contribution >= 0.6 is 0 Å². The van der Waals surface area contributed by atoms with E-state index in [4.69, 9.17) is 18.9 Å². The molecule has 4 heterocycles. The fourth-order valence-corrected chi connectivity index (χ4v) is 12.8. The highest BCUT2D eigenvalue weighted by atomic mass is 16.5. The van der Waals surface area contributed by atoms with Crippen molar-refractivity contribution < 1.29 is 66.9 Å². The molecule has 1 saturated carbocycles. The Morgan fingerprint density at radius 1 is 0.440 bits per heavy atom. The third-order valence-corrected chi connectivity index (χ3v) is 17.2. The van der Waals surface area contributed by atoms with Crippen LogP contribution in [0.15, 0.2) is 24.3 Å². The predicted octanol–water partition coefficient (Wildman–Crippen LogP) is 9.43. The second kappa shape index (κ2) is 25.9. The van der Waals surface area contributed by atoms with Crippen LogP contribution in [0.2, 0.25) is 0 Å². The molecule has 2 unspecified atom stereocenters. The van der Waals surface area contributed by atoms with Gasteiger partial charge < -0.3 is 29.6 Å². The summed E-state index contributed by atoms with van der Waals surface area (Å²) in [6.07, 6.45) is 8.82. The number of carbonyl (C=O) groups is 10. The third-order valence-electron chi connectivity index (χ3n) is 17.2. The van der Waals surface area contributed by atoms with Crippen LogP contribution in [0.25, 0.3) is 21.5 Å². The first-order valence-electron chi connectivity index (χ1n) is 30.4. The van der Waals surface area contributed by atoms with Crippen LogP contribution in [0.5, 0.6) is 23.0 Å². The molecule has 0 saturated heterocycles. The Morgan fingerprint density at radius 3 is 1.00 bits per heavy atom. The van der Waals surface area contributed by atoms with Crippen molar-refractivity contribution in [3.63, 3.8) is 0 Å². The van der Waals surface area contributed by atoms with Crippen LogP contribution in [0.4, 0.5) is 0 Å². The molecule has 0 bridgehead atoms. The minimum absolute atomic E-state index is 0.00572. The Kier molecular flexibility index (Phi) is 18.7. The number of benzene rings is 4. The summed E-state index contributed by atoms with van der Waals surface area (Å²) in [6.45, 7) is 15.4. The van der Waals surface area contributed by atoms with Crippen molar-refractivity contribution in [2.24, 2.45) is 11.8 Å². The number of ether oxygens (including phenoxy) is 4. The molecule has 1 aliphatic carbocycles. The van der Waals surface area contributed by atoms with Crippen LogP contribution in [-0.4, -0.2) is 143 Å². The number of rotatable bonds is 28. The van der Waals surface area contributed by atoms with Gasteiger partial charge in [-0.2, -0.15) is 0 Å². The molecule has 10 amide bonds. The maximum atomic E-state index is 14.6. The molecular formula is C64H78N6O14. The fraction of sp³-hybridized carbons (Fsp3) is 0.531. The summed E-state index contributed by atoms with van der Waals surface area (Å²) in [5, 5.41) is 6.58. The van der Waals surface area contributed by atoms with E-state index in [9.17, 15) is 47.9 Å². The first-order valence-corrected chi connectivity index (χ1v) is 30.4. The van der Waals surface area contributed by atoms with E-state index >= 15 is 0 Å². The monoisotopic (exact) mass is 1150 g/mol. The highest BCUT2D eigenvalue weighted by Crippen LogP contribution is 2.48. The summed E-state index contributed by atoms with van der Waals surface area (Å²) in [6, 6.07) is 4.72. The van der Waals surface area contributed by atoms with Gasteiger partial charge in [0, 0.05) is 72.6 Å². The van der Waals surface area contributed by atoms with Crippen LogP contribution < -0.4 is 29.6 Å². The number of carbonyl (C=O) groups excluding carboxylic acids is 10. The van der Waals surface area contributed by atoms with Gasteiger partial charge in [-0.25, -0.2) is 0 Å².